The van der Waals surface area contributed by atoms with Crippen LogP contribution in [0.4, 0.5) is 11.6 Å². The zero-order valence-corrected chi connectivity index (χ0v) is 18.7. The lowest BCUT2D eigenvalue weighted by atomic mass is 9.83. The summed E-state index contributed by atoms with van der Waals surface area (Å²) < 4.78 is 5.69. The highest BCUT2D eigenvalue weighted by atomic mass is 16.5. The minimum Gasteiger partial charge on any atom is -0.469 e. The van der Waals surface area contributed by atoms with Gasteiger partial charge in [0, 0.05) is 19.0 Å². The molecule has 0 bridgehead atoms. The lowest BCUT2D eigenvalue weighted by Gasteiger charge is -2.24. The van der Waals surface area contributed by atoms with Gasteiger partial charge in [0.2, 0.25) is 5.91 Å². The molecule has 1 aliphatic heterocycles. The summed E-state index contributed by atoms with van der Waals surface area (Å²) in [6, 6.07) is 7.76. The van der Waals surface area contributed by atoms with E-state index in [4.69, 9.17) is 10.5 Å². The number of aldehydes is 1. The number of hydrogen-bond donors (Lipinski definition) is 2. The molecule has 8 heteroatoms. The number of ether oxygens (including phenoxy) is 1. The number of aromatic nitrogens is 2. The van der Waals surface area contributed by atoms with E-state index in [0.717, 1.165) is 23.0 Å². The van der Waals surface area contributed by atoms with Crippen molar-refractivity contribution in [1.82, 2.24) is 9.97 Å². The van der Waals surface area contributed by atoms with E-state index in [1.165, 1.54) is 6.26 Å². The Kier molecular flexibility index (Phi) is 6.53. The highest BCUT2D eigenvalue weighted by Gasteiger charge is 2.49. The van der Waals surface area contributed by atoms with E-state index in [2.05, 4.69) is 26.9 Å². The molecule has 0 fully saturated rings. The number of nitrogens with zero attached hydrogens (tertiary/aromatic N) is 3. The molecular formula is C24H27N5O3. The van der Waals surface area contributed by atoms with Crippen LogP contribution in [0, 0.1) is 6.92 Å². The molecule has 1 unspecified atom stereocenters. The summed E-state index contributed by atoms with van der Waals surface area (Å²) in [6.07, 6.45) is 3.29. The molecule has 0 saturated heterocycles. The largest absolute Gasteiger partial charge is 0.469 e. The molecular weight excluding hydrogens is 406 g/mol. The van der Waals surface area contributed by atoms with E-state index in [0.29, 0.717) is 35.8 Å². The summed E-state index contributed by atoms with van der Waals surface area (Å²) in [4.78, 5) is 36.9. The number of anilines is 2. The molecule has 0 aliphatic carbocycles. The number of hydrogen-bond acceptors (Lipinski definition) is 7. The number of allylic oxidation sites excluding steroid dienone is 1. The van der Waals surface area contributed by atoms with E-state index < -0.39 is 5.41 Å². The fourth-order valence-electron chi connectivity index (χ4n) is 3.59. The second kappa shape index (κ2) is 9.13. The van der Waals surface area contributed by atoms with Gasteiger partial charge in [0.05, 0.1) is 11.8 Å². The molecule has 32 heavy (non-hydrogen) atoms. The molecule has 0 radical (unpaired) electrons. The predicted molar refractivity (Wildman–Crippen MR) is 124 cm³/mol. The maximum Gasteiger partial charge on any atom is 0.243 e. The van der Waals surface area contributed by atoms with Gasteiger partial charge < -0.3 is 20.6 Å². The maximum atomic E-state index is 13.0. The predicted octanol–water partition coefficient (Wildman–Crippen LogP) is 3.46. The van der Waals surface area contributed by atoms with Crippen LogP contribution in [0.5, 0.6) is 0 Å². The van der Waals surface area contributed by atoms with Crippen LogP contribution in [0.3, 0.4) is 0 Å². The normalized spacial score (nSPS) is 18.2. The van der Waals surface area contributed by atoms with Crippen molar-refractivity contribution in [1.29, 1.82) is 0 Å². The molecule has 2 aromatic rings. The second-order valence-electron chi connectivity index (χ2n) is 7.83. The first kappa shape index (κ1) is 22.9. The zero-order valence-electron chi connectivity index (χ0n) is 18.7. The third kappa shape index (κ3) is 4.03. The molecule has 1 aromatic carbocycles. The molecule has 3 N–H and O–H groups in total. The molecule has 1 aromatic heterocycles. The van der Waals surface area contributed by atoms with E-state index in [1.807, 2.05) is 38.1 Å². The first-order valence-electron chi connectivity index (χ1n) is 10.2. The second-order valence-corrected chi connectivity index (χ2v) is 7.83. The SMILES string of the molecule is C=C(O/C=C(\C)CCC=O)C1(C)C(=O)Nc2nc(C(=NC)c3ccccc3C)nc(N)c21. The van der Waals surface area contributed by atoms with Gasteiger partial charge in [0.1, 0.15) is 34.8 Å². The van der Waals surface area contributed by atoms with E-state index in [1.54, 1.807) is 14.0 Å². The molecule has 8 nitrogen and oxygen atoms in total. The molecule has 1 amide bonds. The van der Waals surface area contributed by atoms with Crippen LogP contribution in [-0.2, 0) is 19.7 Å². The van der Waals surface area contributed by atoms with Crippen molar-refractivity contribution in [3.05, 3.63) is 71.0 Å². The number of nitrogens with two attached hydrogens (primary N) is 1. The fourth-order valence-corrected chi connectivity index (χ4v) is 3.59. The van der Waals surface area contributed by atoms with E-state index in [9.17, 15) is 9.59 Å². The van der Waals surface area contributed by atoms with Gasteiger partial charge in [0.15, 0.2) is 5.82 Å². The van der Waals surface area contributed by atoms with Crippen LogP contribution in [0.1, 0.15) is 49.2 Å². The van der Waals surface area contributed by atoms with Crippen molar-refractivity contribution in [2.75, 3.05) is 18.1 Å². The van der Waals surface area contributed by atoms with Crippen LogP contribution in [0.15, 0.2) is 53.4 Å². The number of rotatable bonds is 8. The summed E-state index contributed by atoms with van der Waals surface area (Å²) in [7, 11) is 1.66. The first-order valence-corrected chi connectivity index (χ1v) is 10.2. The summed E-state index contributed by atoms with van der Waals surface area (Å²) in [5, 5.41) is 2.78. The van der Waals surface area contributed by atoms with Crippen molar-refractivity contribution in [2.24, 2.45) is 4.99 Å². The van der Waals surface area contributed by atoms with Gasteiger partial charge in [0.25, 0.3) is 0 Å². The van der Waals surface area contributed by atoms with Crippen molar-refractivity contribution in [3.63, 3.8) is 0 Å². The molecule has 166 valence electrons. The Morgan fingerprint density at radius 1 is 1.34 bits per heavy atom. The molecule has 1 aliphatic rings. The number of benzene rings is 1. The minimum absolute atomic E-state index is 0.145. The van der Waals surface area contributed by atoms with Crippen LogP contribution in [-0.4, -0.2) is 34.9 Å². The van der Waals surface area contributed by atoms with Gasteiger partial charge >= 0.3 is 0 Å². The van der Waals surface area contributed by atoms with Gasteiger partial charge in [-0.1, -0.05) is 30.8 Å². The number of aliphatic imine (C=N–C) groups is 1. The molecule has 1 atom stereocenters. The van der Waals surface area contributed by atoms with Crippen LogP contribution < -0.4 is 11.1 Å². The smallest absolute Gasteiger partial charge is 0.243 e. The van der Waals surface area contributed by atoms with Crippen LogP contribution in [0.2, 0.25) is 0 Å². The number of fused-ring (bicyclic) bond motifs is 1. The summed E-state index contributed by atoms with van der Waals surface area (Å²) >= 11 is 0. The Morgan fingerprint density at radius 3 is 2.72 bits per heavy atom. The number of aryl methyl sites for hydroxylation is 1. The van der Waals surface area contributed by atoms with Gasteiger partial charge in [-0.2, -0.15) is 0 Å². The Labute approximate surface area is 187 Å². The standard InChI is InChI=1S/C24H27N5O3/c1-14(9-8-12-30)13-32-16(3)24(4)18-20(25)27-22(28-21(18)29-23(24)31)19(26-5)17-11-7-6-10-15(17)2/h6-7,10-13H,3,8-9H2,1-2,4-5H3,(H3,25,27,28,29,31)/b14-13+,26-19?. The van der Waals surface area contributed by atoms with E-state index in [-0.39, 0.29) is 17.5 Å². The molecule has 3 rings (SSSR count). The Bertz CT molecular complexity index is 1150. The van der Waals surface area contributed by atoms with Crippen LogP contribution in [0.25, 0.3) is 0 Å². The van der Waals surface area contributed by atoms with Gasteiger partial charge in [-0.3, -0.25) is 9.79 Å². The van der Waals surface area contributed by atoms with Crippen molar-refractivity contribution >= 4 is 29.5 Å². The third-order valence-electron chi connectivity index (χ3n) is 5.58. The minimum atomic E-state index is -1.27. The maximum absolute atomic E-state index is 13.0. The van der Waals surface area contributed by atoms with Crippen molar-refractivity contribution in [3.8, 4) is 0 Å². The Hall–Kier alpha value is -3.81. The van der Waals surface area contributed by atoms with Crippen molar-refractivity contribution in [2.45, 2.75) is 39.0 Å². The number of carbonyl (C=O) groups excluding carboxylic acids is 2. The lowest BCUT2D eigenvalue weighted by Crippen LogP contribution is -2.34. The average molecular weight is 434 g/mol. The first-order chi connectivity index (χ1) is 15.2. The van der Waals surface area contributed by atoms with Gasteiger partial charge in [-0.05, 0) is 38.3 Å². The zero-order chi connectivity index (χ0) is 23.5. The van der Waals surface area contributed by atoms with Crippen LogP contribution >= 0.6 is 0 Å². The number of nitrogen functional groups attached to an aromatic ring is 1. The fraction of sp³-hybridized carbons (Fsp3) is 0.292. The Morgan fingerprint density at radius 2 is 2.06 bits per heavy atom. The molecule has 2 heterocycles. The van der Waals surface area contributed by atoms with Gasteiger partial charge in [-0.15, -0.1) is 0 Å². The molecule has 0 saturated carbocycles. The summed E-state index contributed by atoms with van der Waals surface area (Å²) in [6.45, 7) is 9.43. The quantitative estimate of drug-likeness (QED) is 0.374. The third-order valence-corrected chi connectivity index (χ3v) is 5.58. The average Bonchev–Trinajstić information content (AvgIpc) is 3.03. The van der Waals surface area contributed by atoms with Gasteiger partial charge in [-0.25, -0.2) is 9.97 Å². The Balaban J connectivity index is 1.99. The highest BCUT2D eigenvalue weighted by Crippen LogP contribution is 2.44. The lowest BCUT2D eigenvalue weighted by molar-refractivity contribution is -0.120. The van der Waals surface area contributed by atoms with Crippen molar-refractivity contribution < 1.29 is 14.3 Å². The molecule has 0 spiro atoms. The number of nitrogens with one attached hydrogen (secondary N) is 1. The van der Waals surface area contributed by atoms with E-state index >= 15 is 0 Å². The number of carbonyl (C=O) groups is 2. The highest BCUT2D eigenvalue weighted by molar-refractivity contribution is 6.13. The number of amides is 1. The summed E-state index contributed by atoms with van der Waals surface area (Å²) in [5.74, 6) is 0.595. The summed E-state index contributed by atoms with van der Waals surface area (Å²) in [5.41, 5.74) is 8.79. The topological polar surface area (TPSA) is 120 Å². The monoisotopic (exact) mass is 433 g/mol.